The molecule has 19 heavy (non-hydrogen) atoms. The molecule has 0 radical (unpaired) electrons. The van der Waals surface area contributed by atoms with Crippen LogP contribution < -0.4 is 10.1 Å². The second kappa shape index (κ2) is 4.87. The minimum Gasteiger partial charge on any atom is -0.436 e. The molecule has 1 saturated carbocycles. The molecule has 0 atom stereocenters. The van der Waals surface area contributed by atoms with E-state index in [0.29, 0.717) is 17.5 Å². The maximum absolute atomic E-state index is 5.73. The van der Waals surface area contributed by atoms with Crippen LogP contribution in [-0.2, 0) is 7.05 Å². The summed E-state index contributed by atoms with van der Waals surface area (Å²) in [5.41, 5.74) is 0. The van der Waals surface area contributed by atoms with Gasteiger partial charge < -0.3 is 10.1 Å². The number of anilines is 1. The molecule has 2 aromatic rings. The Hall–Kier alpha value is -2.11. The molecule has 0 aliphatic heterocycles. The van der Waals surface area contributed by atoms with Crippen molar-refractivity contribution in [1.82, 2.24) is 19.7 Å². The first-order valence-electron chi connectivity index (χ1n) is 6.54. The first-order valence-corrected chi connectivity index (χ1v) is 6.54. The lowest BCUT2D eigenvalue weighted by atomic mass is 10.4. The molecule has 0 aromatic carbocycles. The highest BCUT2D eigenvalue weighted by Gasteiger charge is 2.27. The summed E-state index contributed by atoms with van der Waals surface area (Å²) in [5.74, 6) is 3.44. The van der Waals surface area contributed by atoms with Crippen LogP contribution in [0.25, 0.3) is 0 Å². The Kier molecular flexibility index (Phi) is 3.06. The van der Waals surface area contributed by atoms with Gasteiger partial charge in [-0.05, 0) is 19.8 Å². The predicted molar refractivity (Wildman–Crippen MR) is 71.5 cm³/mol. The van der Waals surface area contributed by atoms with Crippen molar-refractivity contribution in [2.75, 3.05) is 11.9 Å². The molecule has 1 N–H and O–H groups in total. The Bertz CT molecular complexity index is 576. The number of aryl methyl sites for hydroxylation is 1. The van der Waals surface area contributed by atoms with Crippen molar-refractivity contribution in [2.24, 2.45) is 7.05 Å². The first kappa shape index (κ1) is 12.0. The maximum atomic E-state index is 5.73. The first-order chi connectivity index (χ1) is 9.24. The second-order valence-corrected chi connectivity index (χ2v) is 4.71. The minimum absolute atomic E-state index is 0.495. The number of rotatable bonds is 5. The molecule has 2 aromatic heterocycles. The Morgan fingerprint density at radius 1 is 1.42 bits per heavy atom. The van der Waals surface area contributed by atoms with Crippen LogP contribution in [-0.4, -0.2) is 26.3 Å². The van der Waals surface area contributed by atoms with Gasteiger partial charge in [-0.3, -0.25) is 4.68 Å². The van der Waals surface area contributed by atoms with Crippen molar-refractivity contribution in [3.05, 3.63) is 24.3 Å². The van der Waals surface area contributed by atoms with Gasteiger partial charge in [0.05, 0.1) is 12.4 Å². The van der Waals surface area contributed by atoms with Gasteiger partial charge in [-0.1, -0.05) is 0 Å². The van der Waals surface area contributed by atoms with Gasteiger partial charge in [-0.2, -0.15) is 10.1 Å². The highest BCUT2D eigenvalue weighted by Crippen LogP contribution is 2.39. The van der Waals surface area contributed by atoms with E-state index in [1.54, 1.807) is 10.9 Å². The summed E-state index contributed by atoms with van der Waals surface area (Å²) in [6.07, 6.45) is 5.82. The van der Waals surface area contributed by atoms with Crippen molar-refractivity contribution in [3.63, 3.8) is 0 Å². The molecule has 6 nitrogen and oxygen atoms in total. The summed E-state index contributed by atoms with van der Waals surface area (Å²) in [6, 6.07) is 1.82. The van der Waals surface area contributed by atoms with Crippen LogP contribution in [0.15, 0.2) is 18.5 Å². The zero-order valence-electron chi connectivity index (χ0n) is 11.1. The van der Waals surface area contributed by atoms with Gasteiger partial charge in [0.2, 0.25) is 5.88 Å². The Balaban J connectivity index is 1.86. The Morgan fingerprint density at radius 3 is 2.89 bits per heavy atom. The van der Waals surface area contributed by atoms with E-state index in [2.05, 4.69) is 20.4 Å². The SMILES string of the molecule is CCNc1cc(Oc2cnn(C)c2)nc(C2CC2)n1. The van der Waals surface area contributed by atoms with Gasteiger partial charge in [0.25, 0.3) is 0 Å². The number of aromatic nitrogens is 4. The number of nitrogens with zero attached hydrogens (tertiary/aromatic N) is 4. The van der Waals surface area contributed by atoms with Crippen LogP contribution in [0.4, 0.5) is 5.82 Å². The van der Waals surface area contributed by atoms with E-state index >= 15 is 0 Å². The average molecular weight is 259 g/mol. The summed E-state index contributed by atoms with van der Waals surface area (Å²) in [4.78, 5) is 8.98. The van der Waals surface area contributed by atoms with Gasteiger partial charge in [0, 0.05) is 25.6 Å². The van der Waals surface area contributed by atoms with E-state index in [4.69, 9.17) is 4.74 Å². The summed E-state index contributed by atoms with van der Waals surface area (Å²) in [5, 5.41) is 7.28. The molecule has 0 unspecified atom stereocenters. The number of ether oxygens (including phenoxy) is 1. The number of hydrogen-bond acceptors (Lipinski definition) is 5. The van der Waals surface area contributed by atoms with Crippen molar-refractivity contribution in [3.8, 4) is 11.6 Å². The molecule has 1 fully saturated rings. The third kappa shape index (κ3) is 2.83. The highest BCUT2D eigenvalue weighted by atomic mass is 16.5. The molecule has 0 spiro atoms. The van der Waals surface area contributed by atoms with Gasteiger partial charge in [0.15, 0.2) is 5.75 Å². The zero-order chi connectivity index (χ0) is 13.2. The second-order valence-electron chi connectivity index (χ2n) is 4.71. The third-order valence-electron chi connectivity index (χ3n) is 2.92. The summed E-state index contributed by atoms with van der Waals surface area (Å²) >= 11 is 0. The fraction of sp³-hybridized carbons (Fsp3) is 0.462. The molecule has 1 aliphatic rings. The Morgan fingerprint density at radius 2 is 2.26 bits per heavy atom. The monoisotopic (exact) mass is 259 g/mol. The smallest absolute Gasteiger partial charge is 0.224 e. The van der Waals surface area contributed by atoms with Gasteiger partial charge >= 0.3 is 0 Å². The van der Waals surface area contributed by atoms with Gasteiger partial charge in [0.1, 0.15) is 11.6 Å². The topological polar surface area (TPSA) is 64.9 Å². The fourth-order valence-electron chi connectivity index (χ4n) is 1.86. The average Bonchev–Trinajstić information content (AvgIpc) is 3.14. The third-order valence-corrected chi connectivity index (χ3v) is 2.92. The van der Waals surface area contributed by atoms with E-state index in [1.165, 1.54) is 12.8 Å². The van der Waals surface area contributed by atoms with E-state index in [0.717, 1.165) is 18.2 Å². The normalized spacial score (nSPS) is 14.4. The highest BCUT2D eigenvalue weighted by molar-refractivity contribution is 5.40. The van der Waals surface area contributed by atoms with E-state index in [9.17, 15) is 0 Å². The minimum atomic E-state index is 0.495. The van der Waals surface area contributed by atoms with E-state index in [1.807, 2.05) is 26.2 Å². The number of nitrogens with one attached hydrogen (secondary N) is 1. The molecule has 6 heteroatoms. The van der Waals surface area contributed by atoms with Crippen LogP contribution in [0.2, 0.25) is 0 Å². The van der Waals surface area contributed by atoms with Gasteiger partial charge in [-0.15, -0.1) is 0 Å². The van der Waals surface area contributed by atoms with Crippen LogP contribution in [0.5, 0.6) is 11.6 Å². The standard InChI is InChI=1S/C13H17N5O/c1-3-14-11-6-12(17-13(16-11)9-4-5-9)19-10-7-15-18(2)8-10/h6-9H,3-5H2,1-2H3,(H,14,16,17). The molecular weight excluding hydrogens is 242 g/mol. The largest absolute Gasteiger partial charge is 0.436 e. The molecule has 0 saturated heterocycles. The Labute approximate surface area is 111 Å². The lowest BCUT2D eigenvalue weighted by Crippen LogP contribution is -2.04. The van der Waals surface area contributed by atoms with E-state index in [-0.39, 0.29) is 0 Å². The lowest BCUT2D eigenvalue weighted by Gasteiger charge is -2.08. The van der Waals surface area contributed by atoms with Crippen molar-refractivity contribution < 1.29 is 4.74 Å². The lowest BCUT2D eigenvalue weighted by molar-refractivity contribution is 0.458. The zero-order valence-corrected chi connectivity index (χ0v) is 11.1. The summed E-state index contributed by atoms with van der Waals surface area (Å²) < 4.78 is 7.43. The fourth-order valence-corrected chi connectivity index (χ4v) is 1.86. The molecular formula is C13H17N5O. The van der Waals surface area contributed by atoms with Crippen LogP contribution >= 0.6 is 0 Å². The van der Waals surface area contributed by atoms with Crippen molar-refractivity contribution in [1.29, 1.82) is 0 Å². The van der Waals surface area contributed by atoms with Crippen molar-refractivity contribution in [2.45, 2.75) is 25.7 Å². The van der Waals surface area contributed by atoms with E-state index < -0.39 is 0 Å². The molecule has 100 valence electrons. The molecule has 1 aliphatic carbocycles. The quantitative estimate of drug-likeness (QED) is 0.892. The molecule has 2 heterocycles. The van der Waals surface area contributed by atoms with Crippen LogP contribution in [0.1, 0.15) is 31.5 Å². The molecule has 0 amide bonds. The predicted octanol–water partition coefficient (Wildman–Crippen LogP) is 2.31. The van der Waals surface area contributed by atoms with Crippen LogP contribution in [0.3, 0.4) is 0 Å². The van der Waals surface area contributed by atoms with Crippen molar-refractivity contribution >= 4 is 5.82 Å². The summed E-state index contributed by atoms with van der Waals surface area (Å²) in [6.45, 7) is 2.87. The molecule has 0 bridgehead atoms. The van der Waals surface area contributed by atoms with Gasteiger partial charge in [-0.25, -0.2) is 4.98 Å². The summed E-state index contributed by atoms with van der Waals surface area (Å²) in [7, 11) is 1.85. The number of hydrogen-bond donors (Lipinski definition) is 1. The maximum Gasteiger partial charge on any atom is 0.224 e. The van der Waals surface area contributed by atoms with Crippen LogP contribution in [0, 0.1) is 0 Å². The molecule has 3 rings (SSSR count).